The quantitative estimate of drug-likeness (QED) is 0.754. The summed E-state index contributed by atoms with van der Waals surface area (Å²) in [4.78, 5) is 31.3. The molecular weight excluding hydrogens is 413 g/mol. The van der Waals surface area contributed by atoms with Crippen LogP contribution in [0.4, 0.5) is 4.39 Å². The lowest BCUT2D eigenvalue weighted by molar-refractivity contribution is -0.145. The summed E-state index contributed by atoms with van der Waals surface area (Å²) >= 11 is 1.56. The molecule has 1 N–H and O–H groups in total. The molecule has 7 heteroatoms. The first-order chi connectivity index (χ1) is 14.8. The molecule has 2 amide bonds. The van der Waals surface area contributed by atoms with Crippen LogP contribution in [-0.2, 0) is 16.1 Å². The highest BCUT2D eigenvalue weighted by atomic mass is 32.1. The first-order valence-corrected chi connectivity index (χ1v) is 12.5. The number of rotatable bonds is 3. The van der Waals surface area contributed by atoms with Gasteiger partial charge in [-0.3, -0.25) is 9.59 Å². The molecule has 3 fully saturated rings. The van der Waals surface area contributed by atoms with Gasteiger partial charge in [0.15, 0.2) is 5.83 Å². The SMILES string of the molecule is CN1C(=O)C(F)=C[C@]2(C)C3CC[C@]4(C)[C@@H](C(=O)NCc5nccs5)CC[C@H]4C3CC[C@@H]12. The van der Waals surface area contributed by atoms with Crippen molar-refractivity contribution in [3.63, 3.8) is 0 Å². The molecule has 0 aromatic carbocycles. The van der Waals surface area contributed by atoms with Gasteiger partial charge in [-0.15, -0.1) is 11.3 Å². The molecule has 0 bridgehead atoms. The minimum Gasteiger partial charge on any atom is -0.349 e. The lowest BCUT2D eigenvalue weighted by Gasteiger charge is -2.60. The standard InChI is InChI=1S/C24H32FN3O2S/c1-23-9-8-16-14(4-7-19-24(16,2)12-18(25)22(30)28(19)3)15(23)5-6-17(23)21(29)27-13-20-26-10-11-31-20/h10-12,14-17,19H,4-9,13H2,1-3H3,(H,27,29)/t14?,15-,16?,17+,19+,23-,24+/m0/s1. The fraction of sp³-hybridized carbons (Fsp3) is 0.708. The van der Waals surface area contributed by atoms with Crippen molar-refractivity contribution in [3.8, 4) is 0 Å². The maximum absolute atomic E-state index is 14.5. The first kappa shape index (κ1) is 21.1. The largest absolute Gasteiger partial charge is 0.349 e. The van der Waals surface area contributed by atoms with Gasteiger partial charge in [-0.25, -0.2) is 9.37 Å². The molecular formula is C24H32FN3O2S. The number of thiazole rings is 1. The predicted molar refractivity (Wildman–Crippen MR) is 118 cm³/mol. The summed E-state index contributed by atoms with van der Waals surface area (Å²) in [7, 11) is 1.75. The van der Waals surface area contributed by atoms with Crippen LogP contribution >= 0.6 is 11.3 Å². The van der Waals surface area contributed by atoms with Crippen LogP contribution in [0.3, 0.4) is 0 Å². The maximum atomic E-state index is 14.5. The van der Waals surface area contributed by atoms with Crippen molar-refractivity contribution >= 4 is 23.2 Å². The van der Waals surface area contributed by atoms with Crippen molar-refractivity contribution in [3.05, 3.63) is 28.5 Å². The highest BCUT2D eigenvalue weighted by Gasteiger charge is 2.62. The lowest BCUT2D eigenvalue weighted by atomic mass is 9.47. The summed E-state index contributed by atoms with van der Waals surface area (Å²) in [6.07, 6.45) is 9.36. The number of hydrogen-bond acceptors (Lipinski definition) is 4. The Balaban J connectivity index is 1.36. The molecule has 2 heterocycles. The van der Waals surface area contributed by atoms with Gasteiger partial charge in [0.25, 0.3) is 5.91 Å². The normalized spacial score (nSPS) is 41.8. The van der Waals surface area contributed by atoms with Crippen molar-refractivity contribution in [1.82, 2.24) is 15.2 Å². The average molecular weight is 446 g/mol. The van der Waals surface area contributed by atoms with Crippen molar-refractivity contribution in [1.29, 1.82) is 0 Å². The smallest absolute Gasteiger partial charge is 0.282 e. The van der Waals surface area contributed by atoms with Gasteiger partial charge in [-0.05, 0) is 67.8 Å². The van der Waals surface area contributed by atoms with Crippen molar-refractivity contribution in [2.75, 3.05) is 7.05 Å². The fourth-order valence-corrected chi connectivity index (χ4v) is 8.44. The van der Waals surface area contributed by atoms with E-state index in [9.17, 15) is 14.0 Å². The average Bonchev–Trinajstić information content (AvgIpc) is 3.37. The van der Waals surface area contributed by atoms with E-state index in [1.807, 2.05) is 5.38 Å². The van der Waals surface area contributed by atoms with Crippen LogP contribution in [-0.4, -0.2) is 34.8 Å². The second-order valence-electron chi connectivity index (χ2n) is 10.6. The van der Waals surface area contributed by atoms with Crippen molar-refractivity contribution in [2.45, 2.75) is 65.0 Å². The Labute approximate surface area is 187 Å². The third-order valence-corrected chi connectivity index (χ3v) is 10.2. The monoisotopic (exact) mass is 445 g/mol. The number of fused-ring (bicyclic) bond motifs is 5. The van der Waals surface area contributed by atoms with Crippen LogP contribution in [0.5, 0.6) is 0 Å². The van der Waals surface area contributed by atoms with Gasteiger partial charge >= 0.3 is 0 Å². The summed E-state index contributed by atoms with van der Waals surface area (Å²) in [5, 5.41) is 6.00. The molecule has 1 aromatic rings. The predicted octanol–water partition coefficient (Wildman–Crippen LogP) is 4.31. The molecule has 0 spiro atoms. The molecule has 3 aliphatic carbocycles. The highest BCUT2D eigenvalue weighted by Crippen LogP contribution is 2.65. The van der Waals surface area contributed by atoms with Crippen molar-refractivity contribution in [2.24, 2.45) is 34.5 Å². The van der Waals surface area contributed by atoms with Crippen LogP contribution in [0, 0.1) is 34.5 Å². The number of hydrogen-bond donors (Lipinski definition) is 1. The zero-order chi connectivity index (χ0) is 22.0. The van der Waals surface area contributed by atoms with Gasteiger partial charge in [0, 0.05) is 36.0 Å². The third-order valence-electron chi connectivity index (χ3n) is 9.37. The van der Waals surface area contributed by atoms with E-state index in [0.29, 0.717) is 24.3 Å². The summed E-state index contributed by atoms with van der Waals surface area (Å²) in [6.45, 7) is 4.98. The van der Waals surface area contributed by atoms with Gasteiger partial charge in [0.2, 0.25) is 5.91 Å². The Morgan fingerprint density at radius 2 is 2.06 bits per heavy atom. The third kappa shape index (κ3) is 3.10. The van der Waals surface area contributed by atoms with Gasteiger partial charge < -0.3 is 10.2 Å². The number of carbonyl (C=O) groups is 2. The molecule has 0 saturated heterocycles. The number of likely N-dealkylation sites (N-methyl/N-ethyl adjacent to an activating group) is 1. The molecule has 7 atom stereocenters. The molecule has 2 unspecified atom stereocenters. The first-order valence-electron chi connectivity index (χ1n) is 11.6. The summed E-state index contributed by atoms with van der Waals surface area (Å²) in [6, 6.07) is 0.0731. The molecule has 1 aliphatic heterocycles. The minimum atomic E-state index is -0.596. The zero-order valence-corrected chi connectivity index (χ0v) is 19.4. The number of halogens is 1. The van der Waals surface area contributed by atoms with Crippen LogP contribution in [0.25, 0.3) is 0 Å². The molecule has 4 aliphatic rings. The van der Waals surface area contributed by atoms with Crippen LogP contribution < -0.4 is 5.32 Å². The van der Waals surface area contributed by atoms with E-state index >= 15 is 0 Å². The number of nitrogens with zero attached hydrogens (tertiary/aromatic N) is 2. The van der Waals surface area contributed by atoms with E-state index < -0.39 is 11.7 Å². The molecule has 31 heavy (non-hydrogen) atoms. The molecule has 3 saturated carbocycles. The molecule has 5 rings (SSSR count). The maximum Gasteiger partial charge on any atom is 0.282 e. The van der Waals surface area contributed by atoms with E-state index in [-0.39, 0.29) is 28.7 Å². The number of amides is 2. The van der Waals surface area contributed by atoms with Gasteiger partial charge in [0.05, 0.1) is 6.54 Å². The Morgan fingerprint density at radius 1 is 1.26 bits per heavy atom. The Bertz CT molecular complexity index is 918. The van der Waals surface area contributed by atoms with Crippen LogP contribution in [0.1, 0.15) is 57.4 Å². The Morgan fingerprint density at radius 3 is 2.81 bits per heavy atom. The highest BCUT2D eigenvalue weighted by molar-refractivity contribution is 7.09. The fourth-order valence-electron chi connectivity index (χ4n) is 7.89. The van der Waals surface area contributed by atoms with Crippen LogP contribution in [0.15, 0.2) is 23.5 Å². The summed E-state index contributed by atoms with van der Waals surface area (Å²) in [5.74, 6) is 0.462. The zero-order valence-electron chi connectivity index (χ0n) is 18.6. The molecule has 1 aromatic heterocycles. The van der Waals surface area contributed by atoms with Crippen LogP contribution in [0.2, 0.25) is 0 Å². The van der Waals surface area contributed by atoms with Gasteiger partial charge in [-0.1, -0.05) is 13.8 Å². The summed E-state index contributed by atoms with van der Waals surface area (Å²) < 4.78 is 14.5. The second-order valence-corrected chi connectivity index (χ2v) is 11.5. The topological polar surface area (TPSA) is 62.3 Å². The van der Waals surface area contributed by atoms with E-state index in [1.165, 1.54) is 0 Å². The van der Waals surface area contributed by atoms with E-state index in [4.69, 9.17) is 0 Å². The minimum absolute atomic E-state index is 0.00400. The number of nitrogens with one attached hydrogen (secondary N) is 1. The van der Waals surface area contributed by atoms with Gasteiger partial charge in [0.1, 0.15) is 5.01 Å². The van der Waals surface area contributed by atoms with E-state index in [1.54, 1.807) is 35.6 Å². The second kappa shape index (κ2) is 7.39. The molecule has 5 nitrogen and oxygen atoms in total. The van der Waals surface area contributed by atoms with Crippen molar-refractivity contribution < 1.29 is 14.0 Å². The van der Waals surface area contributed by atoms with E-state index in [0.717, 1.165) is 43.5 Å². The van der Waals surface area contributed by atoms with E-state index in [2.05, 4.69) is 24.1 Å². The number of carbonyl (C=O) groups excluding carboxylic acids is 2. The Hall–Kier alpha value is -1.76. The number of aromatic nitrogens is 1. The lowest BCUT2D eigenvalue weighted by Crippen LogP contribution is -2.60. The summed E-state index contributed by atoms with van der Waals surface area (Å²) in [5.41, 5.74) is -0.321. The van der Waals surface area contributed by atoms with Gasteiger partial charge in [-0.2, -0.15) is 0 Å². The molecule has 168 valence electrons. The Kier molecular flexibility index (Phi) is 5.03. The molecule has 0 radical (unpaired) electrons.